The molecule has 3 nitrogen and oxygen atoms in total. The Kier molecular flexibility index (Phi) is 4.20. The van der Waals surface area contributed by atoms with E-state index in [1.807, 2.05) is 24.8 Å². The SMILES string of the molecule is CCSc1ccc(-c2cc(C=O)n(CC)n2)cc1. The summed E-state index contributed by atoms with van der Waals surface area (Å²) in [5.41, 5.74) is 2.53. The zero-order valence-electron chi connectivity index (χ0n) is 10.6. The molecule has 0 spiro atoms. The van der Waals surface area contributed by atoms with Gasteiger partial charge in [-0.2, -0.15) is 5.10 Å². The molecule has 4 heteroatoms. The lowest BCUT2D eigenvalue weighted by atomic mass is 10.1. The van der Waals surface area contributed by atoms with E-state index in [9.17, 15) is 4.79 Å². The van der Waals surface area contributed by atoms with Crippen molar-refractivity contribution in [2.24, 2.45) is 0 Å². The van der Waals surface area contributed by atoms with Gasteiger partial charge in [0.1, 0.15) is 5.69 Å². The second-order valence-electron chi connectivity index (χ2n) is 3.85. The second-order valence-corrected chi connectivity index (χ2v) is 5.18. The van der Waals surface area contributed by atoms with Gasteiger partial charge in [0, 0.05) is 17.0 Å². The summed E-state index contributed by atoms with van der Waals surface area (Å²) < 4.78 is 1.72. The molecule has 0 fully saturated rings. The van der Waals surface area contributed by atoms with Crippen LogP contribution in [-0.2, 0) is 6.54 Å². The molecule has 0 atom stereocenters. The van der Waals surface area contributed by atoms with Crippen molar-refractivity contribution in [1.82, 2.24) is 9.78 Å². The monoisotopic (exact) mass is 260 g/mol. The molecule has 0 amide bonds. The predicted molar refractivity (Wildman–Crippen MR) is 75.1 cm³/mol. The van der Waals surface area contributed by atoms with Crippen molar-refractivity contribution in [3.63, 3.8) is 0 Å². The summed E-state index contributed by atoms with van der Waals surface area (Å²) in [6, 6.07) is 10.1. The molecule has 0 aliphatic rings. The van der Waals surface area contributed by atoms with Crippen LogP contribution in [0.25, 0.3) is 11.3 Å². The topological polar surface area (TPSA) is 34.9 Å². The van der Waals surface area contributed by atoms with Crippen LogP contribution in [0.1, 0.15) is 24.3 Å². The number of benzene rings is 1. The third-order valence-electron chi connectivity index (χ3n) is 2.69. The first-order chi connectivity index (χ1) is 8.78. The summed E-state index contributed by atoms with van der Waals surface area (Å²) >= 11 is 1.81. The molecule has 1 aromatic heterocycles. The van der Waals surface area contributed by atoms with E-state index in [1.54, 1.807) is 4.68 Å². The highest BCUT2D eigenvalue weighted by molar-refractivity contribution is 7.99. The minimum Gasteiger partial charge on any atom is -0.296 e. The van der Waals surface area contributed by atoms with Crippen LogP contribution >= 0.6 is 11.8 Å². The number of hydrogen-bond donors (Lipinski definition) is 0. The smallest absolute Gasteiger partial charge is 0.168 e. The number of carbonyl (C=O) groups is 1. The van der Waals surface area contributed by atoms with E-state index in [4.69, 9.17) is 0 Å². The summed E-state index contributed by atoms with van der Waals surface area (Å²) in [4.78, 5) is 12.2. The standard InChI is InChI=1S/C14H16N2OS/c1-3-16-12(10-17)9-14(15-16)11-5-7-13(8-6-11)18-4-2/h5-10H,3-4H2,1-2H3. The first kappa shape index (κ1) is 12.9. The highest BCUT2D eigenvalue weighted by atomic mass is 32.2. The van der Waals surface area contributed by atoms with E-state index in [0.717, 1.165) is 23.3 Å². The zero-order valence-corrected chi connectivity index (χ0v) is 11.4. The Labute approximate surface area is 111 Å². The maximum atomic E-state index is 10.9. The number of aromatic nitrogens is 2. The van der Waals surface area contributed by atoms with Crippen LogP contribution in [-0.4, -0.2) is 21.8 Å². The third-order valence-corrected chi connectivity index (χ3v) is 3.59. The van der Waals surface area contributed by atoms with Crippen LogP contribution in [0.2, 0.25) is 0 Å². The molecule has 0 saturated carbocycles. The molecule has 0 aliphatic carbocycles. The van der Waals surface area contributed by atoms with Gasteiger partial charge in [0.15, 0.2) is 6.29 Å². The molecular formula is C14H16N2OS. The third kappa shape index (κ3) is 2.64. The maximum absolute atomic E-state index is 10.9. The van der Waals surface area contributed by atoms with E-state index in [1.165, 1.54) is 4.90 Å². The minimum absolute atomic E-state index is 0.625. The van der Waals surface area contributed by atoms with Crippen molar-refractivity contribution in [1.29, 1.82) is 0 Å². The van der Waals surface area contributed by atoms with E-state index in [-0.39, 0.29) is 0 Å². The lowest BCUT2D eigenvalue weighted by molar-refractivity contribution is 0.111. The molecule has 0 saturated heterocycles. The summed E-state index contributed by atoms with van der Waals surface area (Å²) in [7, 11) is 0. The average molecular weight is 260 g/mol. The first-order valence-corrected chi connectivity index (χ1v) is 7.03. The van der Waals surface area contributed by atoms with Crippen molar-refractivity contribution >= 4 is 18.0 Å². The Morgan fingerprint density at radius 1 is 1.28 bits per heavy atom. The summed E-state index contributed by atoms with van der Waals surface area (Å²) in [6.07, 6.45) is 0.849. The number of carbonyl (C=O) groups excluding carboxylic acids is 1. The van der Waals surface area contributed by atoms with Crippen LogP contribution in [0.15, 0.2) is 35.2 Å². The van der Waals surface area contributed by atoms with E-state index in [2.05, 4.69) is 36.3 Å². The quantitative estimate of drug-likeness (QED) is 0.609. The van der Waals surface area contributed by atoms with Crippen molar-refractivity contribution in [2.75, 3.05) is 5.75 Å². The van der Waals surface area contributed by atoms with Gasteiger partial charge in [-0.15, -0.1) is 11.8 Å². The number of aryl methyl sites for hydroxylation is 1. The molecule has 94 valence electrons. The summed E-state index contributed by atoms with van der Waals surface area (Å²) in [5.74, 6) is 1.07. The van der Waals surface area contributed by atoms with Gasteiger partial charge in [0.25, 0.3) is 0 Å². The molecule has 2 rings (SSSR count). The zero-order chi connectivity index (χ0) is 13.0. The first-order valence-electron chi connectivity index (χ1n) is 6.04. The molecule has 0 N–H and O–H groups in total. The van der Waals surface area contributed by atoms with Crippen LogP contribution in [0.5, 0.6) is 0 Å². The fourth-order valence-corrected chi connectivity index (χ4v) is 2.47. The van der Waals surface area contributed by atoms with Gasteiger partial charge in [-0.05, 0) is 30.9 Å². The number of aldehydes is 1. The largest absolute Gasteiger partial charge is 0.296 e. The van der Waals surface area contributed by atoms with Gasteiger partial charge in [-0.1, -0.05) is 19.1 Å². The molecule has 2 aromatic rings. The molecule has 18 heavy (non-hydrogen) atoms. The van der Waals surface area contributed by atoms with Gasteiger partial charge >= 0.3 is 0 Å². The number of hydrogen-bond acceptors (Lipinski definition) is 3. The molecule has 0 unspecified atom stereocenters. The Hall–Kier alpha value is -1.55. The number of rotatable bonds is 5. The fourth-order valence-electron chi connectivity index (χ4n) is 1.81. The van der Waals surface area contributed by atoms with E-state index in [0.29, 0.717) is 12.2 Å². The maximum Gasteiger partial charge on any atom is 0.168 e. The molecular weight excluding hydrogens is 244 g/mol. The van der Waals surface area contributed by atoms with Crippen LogP contribution in [0.3, 0.4) is 0 Å². The van der Waals surface area contributed by atoms with Crippen molar-refractivity contribution in [2.45, 2.75) is 25.3 Å². The second kappa shape index (κ2) is 5.87. The molecule has 0 bridgehead atoms. The fraction of sp³-hybridized carbons (Fsp3) is 0.286. The lowest BCUT2D eigenvalue weighted by Crippen LogP contribution is -2.00. The van der Waals surface area contributed by atoms with Gasteiger partial charge in [-0.25, -0.2) is 0 Å². The van der Waals surface area contributed by atoms with E-state index >= 15 is 0 Å². The Balaban J connectivity index is 2.30. The van der Waals surface area contributed by atoms with Gasteiger partial charge in [0.2, 0.25) is 0 Å². The summed E-state index contributed by atoms with van der Waals surface area (Å²) in [5, 5.41) is 4.42. The van der Waals surface area contributed by atoms with Crippen LogP contribution in [0, 0.1) is 0 Å². The highest BCUT2D eigenvalue weighted by Crippen LogP contribution is 2.23. The molecule has 0 aliphatic heterocycles. The van der Waals surface area contributed by atoms with Crippen molar-refractivity contribution in [3.05, 3.63) is 36.0 Å². The Morgan fingerprint density at radius 3 is 2.50 bits per heavy atom. The van der Waals surface area contributed by atoms with Gasteiger partial charge in [-0.3, -0.25) is 9.48 Å². The predicted octanol–water partition coefficient (Wildman–Crippen LogP) is 3.49. The lowest BCUT2D eigenvalue weighted by Gasteiger charge is -2.00. The normalized spacial score (nSPS) is 10.6. The molecule has 0 radical (unpaired) electrons. The molecule has 1 heterocycles. The Bertz CT molecular complexity index is 531. The van der Waals surface area contributed by atoms with Crippen molar-refractivity contribution in [3.8, 4) is 11.3 Å². The van der Waals surface area contributed by atoms with Crippen LogP contribution < -0.4 is 0 Å². The minimum atomic E-state index is 0.625. The molecule has 1 aromatic carbocycles. The van der Waals surface area contributed by atoms with Crippen LogP contribution in [0.4, 0.5) is 0 Å². The summed E-state index contributed by atoms with van der Waals surface area (Å²) in [6.45, 7) is 4.82. The average Bonchev–Trinajstić information content (AvgIpc) is 2.83. The van der Waals surface area contributed by atoms with E-state index < -0.39 is 0 Å². The number of nitrogens with zero attached hydrogens (tertiary/aromatic N) is 2. The van der Waals surface area contributed by atoms with Gasteiger partial charge < -0.3 is 0 Å². The van der Waals surface area contributed by atoms with Crippen molar-refractivity contribution < 1.29 is 4.79 Å². The Morgan fingerprint density at radius 2 is 2.00 bits per heavy atom. The number of thioether (sulfide) groups is 1. The van der Waals surface area contributed by atoms with Gasteiger partial charge in [0.05, 0.1) is 5.69 Å². The highest BCUT2D eigenvalue weighted by Gasteiger charge is 2.07.